The Kier molecular flexibility index (Phi) is 6.02. The second kappa shape index (κ2) is 8.46. The summed E-state index contributed by atoms with van der Waals surface area (Å²) in [6.45, 7) is 2.41. The first-order valence-corrected chi connectivity index (χ1v) is 9.26. The van der Waals surface area contributed by atoms with Crippen LogP contribution in [0, 0.1) is 0 Å². The molecule has 0 aromatic heterocycles. The summed E-state index contributed by atoms with van der Waals surface area (Å²) in [5, 5.41) is 2.68. The molecule has 28 heavy (non-hydrogen) atoms. The van der Waals surface area contributed by atoms with Crippen molar-refractivity contribution in [2.45, 2.75) is 13.3 Å². The summed E-state index contributed by atoms with van der Waals surface area (Å²) >= 11 is 12.4. The van der Waals surface area contributed by atoms with Crippen LogP contribution in [0.2, 0.25) is 10.0 Å². The smallest absolute Gasteiger partial charge is 0.335 e. The average molecular weight is 419 g/mol. The molecule has 1 fully saturated rings. The number of ether oxygens (including phenoxy) is 1. The minimum atomic E-state index is -0.808. The van der Waals surface area contributed by atoms with E-state index in [9.17, 15) is 14.4 Å². The van der Waals surface area contributed by atoms with Crippen LogP contribution in [-0.2, 0) is 9.59 Å². The van der Waals surface area contributed by atoms with Crippen LogP contribution in [0.5, 0.6) is 5.75 Å². The Balaban J connectivity index is 1.97. The number of rotatable bonds is 5. The van der Waals surface area contributed by atoms with E-state index in [-0.39, 0.29) is 15.6 Å². The molecule has 144 valence electrons. The molecule has 6 nitrogen and oxygen atoms in total. The van der Waals surface area contributed by atoms with Crippen LogP contribution in [0.1, 0.15) is 18.9 Å². The molecule has 4 amide bonds. The summed E-state index contributed by atoms with van der Waals surface area (Å²) in [5.41, 5.74) is 0.570. The van der Waals surface area contributed by atoms with Gasteiger partial charge in [-0.05, 0) is 42.3 Å². The third-order valence-electron chi connectivity index (χ3n) is 3.90. The van der Waals surface area contributed by atoms with E-state index in [2.05, 4.69) is 5.32 Å². The highest BCUT2D eigenvalue weighted by Gasteiger charge is 2.36. The standard InChI is InChI=1S/C20H16Cl2N2O4/c1-2-8-28-17-15(21)10-12(11-16(17)22)9-14-18(25)23-20(27)24(19(14)26)13-6-4-3-5-7-13/h3-7,9-11H,2,8H2,1H3,(H,23,25,27)/b14-9+. The molecule has 1 saturated heterocycles. The van der Waals surface area contributed by atoms with Crippen molar-refractivity contribution >= 4 is 52.8 Å². The number of halogens is 2. The fourth-order valence-electron chi connectivity index (χ4n) is 2.64. The van der Waals surface area contributed by atoms with Gasteiger partial charge in [0.05, 0.1) is 22.3 Å². The van der Waals surface area contributed by atoms with Crippen LogP contribution in [0.3, 0.4) is 0 Å². The van der Waals surface area contributed by atoms with E-state index in [0.717, 1.165) is 11.3 Å². The van der Waals surface area contributed by atoms with Crippen molar-refractivity contribution in [1.82, 2.24) is 5.32 Å². The SMILES string of the molecule is CCCOc1c(Cl)cc(/C=C2\C(=O)NC(=O)N(c3ccccc3)C2=O)cc1Cl. The number of nitrogens with zero attached hydrogens (tertiary/aromatic N) is 1. The fraction of sp³-hybridized carbons (Fsp3) is 0.150. The van der Waals surface area contributed by atoms with Gasteiger partial charge in [-0.25, -0.2) is 9.69 Å². The zero-order valence-corrected chi connectivity index (χ0v) is 16.4. The molecule has 0 radical (unpaired) electrons. The molecule has 0 spiro atoms. The second-order valence-corrected chi connectivity index (χ2v) is 6.77. The highest BCUT2D eigenvalue weighted by Crippen LogP contribution is 2.35. The van der Waals surface area contributed by atoms with Crippen molar-refractivity contribution in [3.8, 4) is 5.75 Å². The molecule has 2 aromatic carbocycles. The number of para-hydroxylation sites is 1. The molecule has 0 atom stereocenters. The van der Waals surface area contributed by atoms with Gasteiger partial charge in [0.1, 0.15) is 5.57 Å². The number of urea groups is 1. The van der Waals surface area contributed by atoms with E-state index in [4.69, 9.17) is 27.9 Å². The van der Waals surface area contributed by atoms with Gasteiger partial charge in [-0.15, -0.1) is 0 Å². The van der Waals surface area contributed by atoms with Gasteiger partial charge < -0.3 is 4.74 Å². The van der Waals surface area contributed by atoms with Gasteiger partial charge >= 0.3 is 6.03 Å². The molecular weight excluding hydrogens is 403 g/mol. The molecule has 1 N–H and O–H groups in total. The highest BCUT2D eigenvalue weighted by molar-refractivity contribution is 6.40. The molecule has 1 heterocycles. The largest absolute Gasteiger partial charge is 0.490 e. The van der Waals surface area contributed by atoms with Crippen molar-refractivity contribution < 1.29 is 19.1 Å². The van der Waals surface area contributed by atoms with Gasteiger partial charge in [0.25, 0.3) is 11.8 Å². The molecule has 0 bridgehead atoms. The van der Waals surface area contributed by atoms with E-state index in [1.807, 2.05) is 6.92 Å². The lowest BCUT2D eigenvalue weighted by Crippen LogP contribution is -2.54. The van der Waals surface area contributed by atoms with Crippen LogP contribution < -0.4 is 15.0 Å². The zero-order chi connectivity index (χ0) is 20.3. The summed E-state index contributed by atoms with van der Waals surface area (Å²) in [6, 6.07) is 10.6. The third-order valence-corrected chi connectivity index (χ3v) is 4.46. The van der Waals surface area contributed by atoms with Gasteiger partial charge in [0, 0.05) is 0 Å². The molecule has 2 aromatic rings. The Morgan fingerprint density at radius 3 is 2.32 bits per heavy atom. The van der Waals surface area contributed by atoms with E-state index >= 15 is 0 Å². The van der Waals surface area contributed by atoms with Crippen LogP contribution in [0.15, 0.2) is 48.0 Å². The maximum Gasteiger partial charge on any atom is 0.335 e. The Morgan fingerprint density at radius 1 is 1.07 bits per heavy atom. The quantitative estimate of drug-likeness (QED) is 0.574. The second-order valence-electron chi connectivity index (χ2n) is 5.96. The molecule has 3 rings (SSSR count). The van der Waals surface area contributed by atoms with Gasteiger partial charge in [0.15, 0.2) is 5.75 Å². The number of amides is 4. The number of carbonyl (C=O) groups excluding carboxylic acids is 3. The van der Waals surface area contributed by atoms with E-state index in [1.165, 1.54) is 18.2 Å². The van der Waals surface area contributed by atoms with Crippen molar-refractivity contribution in [3.05, 3.63) is 63.6 Å². The summed E-state index contributed by atoms with van der Waals surface area (Å²) in [4.78, 5) is 38.1. The first-order chi connectivity index (χ1) is 13.4. The van der Waals surface area contributed by atoms with Crippen molar-refractivity contribution in [1.29, 1.82) is 0 Å². The first-order valence-electron chi connectivity index (χ1n) is 8.50. The molecule has 1 aliphatic rings. The minimum absolute atomic E-state index is 0.210. The summed E-state index contributed by atoms with van der Waals surface area (Å²) in [7, 11) is 0. The maximum absolute atomic E-state index is 12.8. The van der Waals surface area contributed by atoms with Crippen LogP contribution in [-0.4, -0.2) is 24.5 Å². The number of nitrogens with one attached hydrogen (secondary N) is 1. The Hall–Kier alpha value is -2.83. The number of anilines is 1. The van der Waals surface area contributed by atoms with Gasteiger partial charge in [-0.3, -0.25) is 14.9 Å². The zero-order valence-electron chi connectivity index (χ0n) is 14.9. The number of barbiturate groups is 1. The third kappa shape index (κ3) is 4.03. The van der Waals surface area contributed by atoms with Gasteiger partial charge in [-0.2, -0.15) is 0 Å². The summed E-state index contributed by atoms with van der Waals surface area (Å²) < 4.78 is 5.51. The van der Waals surface area contributed by atoms with E-state index in [0.29, 0.717) is 23.6 Å². The summed E-state index contributed by atoms with van der Waals surface area (Å²) in [5.74, 6) is -1.19. The molecular formula is C20H16Cl2N2O4. The number of hydrogen-bond donors (Lipinski definition) is 1. The van der Waals surface area contributed by atoms with Crippen LogP contribution >= 0.6 is 23.2 Å². The lowest BCUT2D eigenvalue weighted by atomic mass is 10.1. The molecule has 0 aliphatic carbocycles. The number of imide groups is 2. The Labute approximate surface area is 171 Å². The lowest BCUT2D eigenvalue weighted by Gasteiger charge is -2.26. The Bertz CT molecular complexity index is 950. The average Bonchev–Trinajstić information content (AvgIpc) is 2.65. The normalized spacial score (nSPS) is 15.8. The predicted molar refractivity (Wildman–Crippen MR) is 108 cm³/mol. The van der Waals surface area contributed by atoms with Crippen molar-refractivity contribution in [3.63, 3.8) is 0 Å². The lowest BCUT2D eigenvalue weighted by molar-refractivity contribution is -0.122. The summed E-state index contributed by atoms with van der Waals surface area (Å²) in [6.07, 6.45) is 2.12. The van der Waals surface area contributed by atoms with Crippen molar-refractivity contribution in [2.24, 2.45) is 0 Å². The number of benzene rings is 2. The van der Waals surface area contributed by atoms with Gasteiger partial charge in [0.2, 0.25) is 0 Å². The topological polar surface area (TPSA) is 75.7 Å². The number of carbonyl (C=O) groups is 3. The fourth-order valence-corrected chi connectivity index (χ4v) is 3.25. The first kappa shape index (κ1) is 19.9. The monoisotopic (exact) mass is 418 g/mol. The van der Waals surface area contributed by atoms with E-state index in [1.54, 1.807) is 30.3 Å². The molecule has 8 heteroatoms. The van der Waals surface area contributed by atoms with Crippen molar-refractivity contribution in [2.75, 3.05) is 11.5 Å². The highest BCUT2D eigenvalue weighted by atomic mass is 35.5. The van der Waals surface area contributed by atoms with Crippen LogP contribution in [0.4, 0.5) is 10.5 Å². The van der Waals surface area contributed by atoms with E-state index < -0.39 is 17.8 Å². The molecule has 0 saturated carbocycles. The molecule has 1 aliphatic heterocycles. The predicted octanol–water partition coefficient (Wildman–Crippen LogP) is 4.45. The van der Waals surface area contributed by atoms with Gasteiger partial charge in [-0.1, -0.05) is 48.3 Å². The minimum Gasteiger partial charge on any atom is -0.490 e. The number of hydrogen-bond acceptors (Lipinski definition) is 4. The molecule has 0 unspecified atom stereocenters. The Morgan fingerprint density at radius 2 is 1.71 bits per heavy atom. The maximum atomic E-state index is 12.8. The van der Waals surface area contributed by atoms with Crippen LogP contribution in [0.25, 0.3) is 6.08 Å².